The molecule has 1 aliphatic rings. The number of carbonyl (C=O) groups excluding carboxylic acids is 1. The summed E-state index contributed by atoms with van der Waals surface area (Å²) in [5, 5.41) is 6.53. The molecule has 1 aromatic carbocycles. The average molecular weight is 440 g/mol. The van der Waals surface area contributed by atoms with Gasteiger partial charge in [-0.1, -0.05) is 5.16 Å². The molecule has 1 aliphatic heterocycles. The monoisotopic (exact) mass is 439 g/mol. The fourth-order valence-corrected chi connectivity index (χ4v) is 5.48. The minimum absolute atomic E-state index is 0.0418. The Morgan fingerprint density at radius 3 is 2.70 bits per heavy atom. The van der Waals surface area contributed by atoms with Crippen LogP contribution in [0.2, 0.25) is 0 Å². The second-order valence-electron chi connectivity index (χ2n) is 7.23. The lowest BCUT2D eigenvalue weighted by molar-refractivity contribution is -0.124. The van der Waals surface area contributed by atoms with Crippen LogP contribution in [0.25, 0.3) is 0 Å². The summed E-state index contributed by atoms with van der Waals surface area (Å²) < 4.78 is 50.7. The van der Waals surface area contributed by atoms with Gasteiger partial charge in [-0.15, -0.1) is 0 Å². The molecule has 0 bridgehead atoms. The Kier molecular flexibility index (Phi) is 7.09. The van der Waals surface area contributed by atoms with E-state index < -0.39 is 16.1 Å². The Bertz CT molecular complexity index is 955. The number of aryl methyl sites for hydroxylation is 2. The van der Waals surface area contributed by atoms with E-state index in [0.717, 1.165) is 0 Å². The van der Waals surface area contributed by atoms with Crippen molar-refractivity contribution in [2.45, 2.75) is 50.5 Å². The van der Waals surface area contributed by atoms with Gasteiger partial charge in [0.25, 0.3) is 0 Å². The molecule has 1 atom stereocenters. The number of nitrogens with one attached hydrogen (secondary N) is 1. The third-order valence-electron chi connectivity index (χ3n) is 4.99. The molecular formula is C20H26FN3O5S. The molecule has 0 radical (unpaired) electrons. The van der Waals surface area contributed by atoms with Crippen LogP contribution in [0.4, 0.5) is 4.39 Å². The van der Waals surface area contributed by atoms with Crippen molar-refractivity contribution < 1.29 is 26.9 Å². The predicted octanol–water partition coefficient (Wildman–Crippen LogP) is 2.56. The molecule has 1 N–H and O–H groups in total. The van der Waals surface area contributed by atoms with Crippen LogP contribution in [0.15, 0.2) is 33.7 Å². The molecule has 8 nitrogen and oxygen atoms in total. The summed E-state index contributed by atoms with van der Waals surface area (Å²) in [5.41, 5.74) is 0.291. The maximum absolute atomic E-state index is 13.0. The number of sulfonamides is 1. The van der Waals surface area contributed by atoms with E-state index in [1.807, 2.05) is 0 Å². The number of amides is 1. The number of unbranched alkanes of at least 4 members (excludes halogenated alkanes) is 1. The van der Waals surface area contributed by atoms with Crippen molar-refractivity contribution in [1.29, 1.82) is 0 Å². The van der Waals surface area contributed by atoms with Gasteiger partial charge in [-0.3, -0.25) is 4.79 Å². The van der Waals surface area contributed by atoms with Gasteiger partial charge in [-0.05, 0) is 63.8 Å². The molecule has 0 aliphatic carbocycles. The molecule has 10 heteroatoms. The molecule has 3 rings (SSSR count). The SMILES string of the molecule is Cc1noc(C)c1S(=O)(=O)N1CCCC1C(=O)NCCCCOc1ccc(F)cc1. The predicted molar refractivity (Wildman–Crippen MR) is 107 cm³/mol. The lowest BCUT2D eigenvalue weighted by atomic mass is 10.2. The van der Waals surface area contributed by atoms with Gasteiger partial charge in [-0.2, -0.15) is 4.31 Å². The van der Waals surface area contributed by atoms with Crippen LogP contribution in [0.1, 0.15) is 37.1 Å². The fraction of sp³-hybridized carbons (Fsp3) is 0.500. The number of aromatic nitrogens is 1. The normalized spacial score (nSPS) is 17.2. The van der Waals surface area contributed by atoms with Crippen LogP contribution < -0.4 is 10.1 Å². The summed E-state index contributed by atoms with van der Waals surface area (Å²) in [6.07, 6.45) is 2.47. The molecule has 2 aromatic rings. The molecule has 0 saturated carbocycles. The lowest BCUT2D eigenvalue weighted by Gasteiger charge is -2.23. The van der Waals surface area contributed by atoms with Crippen molar-refractivity contribution in [3.05, 3.63) is 41.5 Å². The summed E-state index contributed by atoms with van der Waals surface area (Å²) in [6.45, 7) is 4.27. The smallest absolute Gasteiger partial charge is 0.249 e. The van der Waals surface area contributed by atoms with Crippen molar-refractivity contribution in [3.63, 3.8) is 0 Å². The second-order valence-corrected chi connectivity index (χ2v) is 9.05. The third kappa shape index (κ3) is 4.99. The van der Waals surface area contributed by atoms with Crippen LogP contribution in [-0.2, 0) is 14.8 Å². The first-order valence-corrected chi connectivity index (χ1v) is 11.4. The molecule has 0 spiro atoms. The molecular weight excluding hydrogens is 413 g/mol. The van der Waals surface area contributed by atoms with Crippen molar-refractivity contribution >= 4 is 15.9 Å². The van der Waals surface area contributed by atoms with E-state index >= 15 is 0 Å². The Balaban J connectivity index is 1.47. The third-order valence-corrected chi connectivity index (χ3v) is 7.15. The minimum Gasteiger partial charge on any atom is -0.494 e. The first-order chi connectivity index (χ1) is 14.3. The Morgan fingerprint density at radius 2 is 2.03 bits per heavy atom. The summed E-state index contributed by atoms with van der Waals surface area (Å²) in [7, 11) is -3.85. The van der Waals surface area contributed by atoms with Gasteiger partial charge in [0.15, 0.2) is 5.76 Å². The number of ether oxygens (including phenoxy) is 1. The van der Waals surface area contributed by atoms with Crippen molar-refractivity contribution in [2.75, 3.05) is 19.7 Å². The van der Waals surface area contributed by atoms with Crippen molar-refractivity contribution in [3.8, 4) is 5.75 Å². The highest BCUT2D eigenvalue weighted by Crippen LogP contribution is 2.29. The molecule has 1 amide bonds. The Hall–Kier alpha value is -2.46. The number of nitrogens with zero attached hydrogens (tertiary/aromatic N) is 2. The first kappa shape index (κ1) is 22.2. The van der Waals surface area contributed by atoms with Gasteiger partial charge in [-0.25, -0.2) is 12.8 Å². The van der Waals surface area contributed by atoms with Crippen molar-refractivity contribution in [1.82, 2.24) is 14.8 Å². The van der Waals surface area contributed by atoms with Gasteiger partial charge < -0.3 is 14.6 Å². The Labute approximate surface area is 175 Å². The zero-order valence-electron chi connectivity index (χ0n) is 17.1. The van der Waals surface area contributed by atoms with Gasteiger partial charge in [0.05, 0.1) is 6.61 Å². The van der Waals surface area contributed by atoms with E-state index in [9.17, 15) is 17.6 Å². The van der Waals surface area contributed by atoms with E-state index in [1.54, 1.807) is 26.0 Å². The highest BCUT2D eigenvalue weighted by Gasteiger charge is 2.41. The largest absolute Gasteiger partial charge is 0.494 e. The van der Waals surface area contributed by atoms with Gasteiger partial charge in [0, 0.05) is 13.1 Å². The molecule has 2 heterocycles. The quantitative estimate of drug-likeness (QED) is 0.603. The van der Waals surface area contributed by atoms with Crippen molar-refractivity contribution in [2.24, 2.45) is 0 Å². The fourth-order valence-electron chi connectivity index (χ4n) is 3.53. The van der Waals surface area contributed by atoms with E-state index in [1.165, 1.54) is 16.4 Å². The molecule has 30 heavy (non-hydrogen) atoms. The lowest BCUT2D eigenvalue weighted by Crippen LogP contribution is -2.46. The van der Waals surface area contributed by atoms with E-state index in [2.05, 4.69) is 10.5 Å². The molecule has 1 saturated heterocycles. The molecule has 1 unspecified atom stereocenters. The van der Waals surface area contributed by atoms with Gasteiger partial charge >= 0.3 is 0 Å². The van der Waals surface area contributed by atoms with E-state index in [0.29, 0.717) is 50.3 Å². The topological polar surface area (TPSA) is 102 Å². The number of hydrogen-bond donors (Lipinski definition) is 1. The maximum Gasteiger partial charge on any atom is 0.249 e. The zero-order chi connectivity index (χ0) is 21.7. The maximum atomic E-state index is 13.0. The highest BCUT2D eigenvalue weighted by molar-refractivity contribution is 7.89. The molecule has 1 aromatic heterocycles. The first-order valence-electron chi connectivity index (χ1n) is 9.91. The summed E-state index contributed by atoms with van der Waals surface area (Å²) in [4.78, 5) is 12.6. The van der Waals surface area contributed by atoms with Crippen LogP contribution >= 0.6 is 0 Å². The van der Waals surface area contributed by atoms with E-state index in [-0.39, 0.29) is 28.9 Å². The van der Waals surface area contributed by atoms with Gasteiger partial charge in [0.2, 0.25) is 15.9 Å². The minimum atomic E-state index is -3.85. The van der Waals surface area contributed by atoms with Crippen LogP contribution in [-0.4, -0.2) is 49.5 Å². The number of carbonyl (C=O) groups is 1. The molecule has 1 fully saturated rings. The summed E-state index contributed by atoms with van der Waals surface area (Å²) >= 11 is 0. The Morgan fingerprint density at radius 1 is 1.30 bits per heavy atom. The number of rotatable bonds is 9. The van der Waals surface area contributed by atoms with Gasteiger partial charge in [0.1, 0.15) is 28.2 Å². The number of hydrogen-bond acceptors (Lipinski definition) is 6. The van der Waals surface area contributed by atoms with Crippen LogP contribution in [0, 0.1) is 19.7 Å². The number of halogens is 1. The van der Waals surface area contributed by atoms with Crippen LogP contribution in [0.5, 0.6) is 5.75 Å². The average Bonchev–Trinajstić information content (AvgIpc) is 3.33. The summed E-state index contributed by atoms with van der Waals surface area (Å²) in [6, 6.07) is 5.05. The molecule has 164 valence electrons. The standard InChI is InChI=1S/C20H26FN3O5S/c1-14-19(15(2)29-23-14)30(26,27)24-12-5-6-18(24)20(25)22-11-3-4-13-28-17-9-7-16(21)8-10-17/h7-10,18H,3-6,11-13H2,1-2H3,(H,22,25). The number of benzene rings is 1. The highest BCUT2D eigenvalue weighted by atomic mass is 32.2. The second kappa shape index (κ2) is 9.57. The summed E-state index contributed by atoms with van der Waals surface area (Å²) in [5.74, 6) is 0.191. The zero-order valence-corrected chi connectivity index (χ0v) is 17.9. The van der Waals surface area contributed by atoms with Crippen LogP contribution in [0.3, 0.4) is 0 Å². The van der Waals surface area contributed by atoms with E-state index in [4.69, 9.17) is 9.26 Å².